The smallest absolute Gasteiger partial charge is 0.410 e. The van der Waals surface area contributed by atoms with Crippen molar-refractivity contribution in [2.75, 3.05) is 44.1 Å². The minimum atomic E-state index is -0.568. The summed E-state index contributed by atoms with van der Waals surface area (Å²) in [5.41, 5.74) is 1.94. The van der Waals surface area contributed by atoms with Gasteiger partial charge in [0.15, 0.2) is 0 Å². The normalized spacial score (nSPS) is 12.0. The van der Waals surface area contributed by atoms with E-state index in [1.165, 1.54) is 17.0 Å². The lowest BCUT2D eigenvalue weighted by Crippen LogP contribution is -2.36. The maximum Gasteiger partial charge on any atom is 0.410 e. The van der Waals surface area contributed by atoms with Crippen LogP contribution in [-0.4, -0.2) is 68.1 Å². The van der Waals surface area contributed by atoms with Gasteiger partial charge in [0, 0.05) is 19.3 Å². The van der Waals surface area contributed by atoms with Crippen molar-refractivity contribution in [1.29, 1.82) is 0 Å². The number of hydrogen-bond acceptors (Lipinski definition) is 7. The molecule has 0 spiro atoms. The molecule has 1 atom stereocenters. The largest absolute Gasteiger partial charge is 0.460 e. The molecule has 2 aromatic rings. The maximum atomic E-state index is 13.4. The van der Waals surface area contributed by atoms with Gasteiger partial charge in [0.2, 0.25) is 6.41 Å². The molecule has 1 unspecified atom stereocenters. The van der Waals surface area contributed by atoms with Crippen LogP contribution >= 0.6 is 11.8 Å². The average Bonchev–Trinajstić information content (AvgIpc) is 2.86. The van der Waals surface area contributed by atoms with Gasteiger partial charge in [0.25, 0.3) is 0 Å². The Balaban J connectivity index is 1.91. The summed E-state index contributed by atoms with van der Waals surface area (Å²) in [6.45, 7) is 10.0. The van der Waals surface area contributed by atoms with Crippen molar-refractivity contribution in [3.05, 3.63) is 65.0 Å². The van der Waals surface area contributed by atoms with E-state index in [4.69, 9.17) is 14.2 Å². The number of aryl methyl sites for hydroxylation is 1. The fraction of sp³-hybridized carbons (Fsp3) is 0.464. The number of hydrogen-bond donors (Lipinski definition) is 0. The second-order valence-electron chi connectivity index (χ2n) is 9.52. The Morgan fingerprint density at radius 1 is 1.08 bits per heavy atom. The zero-order valence-corrected chi connectivity index (χ0v) is 23.7. The standard InChI is InChI=1S/C28H37FN2O6S/c1-7-38-25(21-8-11-23(29)12-9-21)31(19-32)24-13-10-22(18-20(24)2)26(33)36-17-16-35-15-14-30(6)27(34)37-28(3,4)5/h8-13,18-19,25H,7,14-17H2,1-6H3. The Bertz CT molecular complexity index is 1070. The van der Waals surface area contributed by atoms with Gasteiger partial charge in [0.05, 0.1) is 18.8 Å². The molecule has 2 amide bonds. The zero-order valence-electron chi connectivity index (χ0n) is 22.9. The van der Waals surface area contributed by atoms with Crippen molar-refractivity contribution in [2.24, 2.45) is 0 Å². The first-order chi connectivity index (χ1) is 18.0. The second-order valence-corrected chi connectivity index (χ2v) is 10.9. The highest BCUT2D eigenvalue weighted by molar-refractivity contribution is 7.99. The highest BCUT2D eigenvalue weighted by Gasteiger charge is 2.23. The Hall–Kier alpha value is -3.11. The molecule has 0 radical (unpaired) electrons. The van der Waals surface area contributed by atoms with E-state index in [2.05, 4.69) is 0 Å². The predicted molar refractivity (Wildman–Crippen MR) is 147 cm³/mol. The van der Waals surface area contributed by atoms with Gasteiger partial charge in [-0.15, -0.1) is 11.8 Å². The van der Waals surface area contributed by atoms with E-state index < -0.39 is 17.7 Å². The SMILES string of the molecule is CCSC(c1ccc(F)cc1)N(C=O)c1ccc(C(=O)OCCOCCN(C)C(=O)OC(C)(C)C)cc1C. The minimum absolute atomic E-state index is 0.0516. The third kappa shape index (κ3) is 9.64. The molecule has 0 fully saturated rings. The number of thioether (sulfide) groups is 1. The number of carbonyl (C=O) groups is 3. The van der Waals surface area contributed by atoms with Crippen LogP contribution in [0.25, 0.3) is 0 Å². The summed E-state index contributed by atoms with van der Waals surface area (Å²) in [5, 5.41) is -0.346. The van der Waals surface area contributed by atoms with E-state index in [-0.39, 0.29) is 31.0 Å². The lowest BCUT2D eigenvalue weighted by Gasteiger charge is -2.29. The first-order valence-corrected chi connectivity index (χ1v) is 13.4. The molecular formula is C28H37FN2O6S. The highest BCUT2D eigenvalue weighted by atomic mass is 32.2. The number of rotatable bonds is 13. The van der Waals surface area contributed by atoms with Gasteiger partial charge in [-0.25, -0.2) is 14.0 Å². The Labute approximate surface area is 228 Å². The van der Waals surface area contributed by atoms with E-state index in [9.17, 15) is 18.8 Å². The number of nitrogens with zero attached hydrogens (tertiary/aromatic N) is 2. The molecule has 0 saturated heterocycles. The Morgan fingerprint density at radius 2 is 1.76 bits per heavy atom. The van der Waals surface area contributed by atoms with Crippen LogP contribution in [0.3, 0.4) is 0 Å². The van der Waals surface area contributed by atoms with Gasteiger partial charge >= 0.3 is 12.1 Å². The van der Waals surface area contributed by atoms with Crippen molar-refractivity contribution < 1.29 is 33.0 Å². The number of halogens is 1. The molecule has 0 saturated carbocycles. The van der Waals surface area contributed by atoms with Gasteiger partial charge in [-0.05, 0) is 74.9 Å². The van der Waals surface area contributed by atoms with Crippen LogP contribution in [0, 0.1) is 12.7 Å². The Kier molecular flexibility index (Phi) is 12.1. The zero-order chi connectivity index (χ0) is 28.3. The van der Waals surface area contributed by atoms with Gasteiger partial charge in [0.1, 0.15) is 23.4 Å². The van der Waals surface area contributed by atoms with Crippen molar-refractivity contribution in [1.82, 2.24) is 4.90 Å². The number of anilines is 1. The van der Waals surface area contributed by atoms with Gasteiger partial charge < -0.3 is 19.1 Å². The summed E-state index contributed by atoms with van der Waals surface area (Å²) < 4.78 is 29.5. The monoisotopic (exact) mass is 548 g/mol. The highest BCUT2D eigenvalue weighted by Crippen LogP contribution is 2.36. The van der Waals surface area contributed by atoms with E-state index in [0.29, 0.717) is 17.8 Å². The van der Waals surface area contributed by atoms with Crippen molar-refractivity contribution >= 4 is 35.9 Å². The average molecular weight is 549 g/mol. The quantitative estimate of drug-likeness (QED) is 0.140. The maximum absolute atomic E-state index is 13.4. The van der Waals surface area contributed by atoms with E-state index in [1.807, 2.05) is 13.8 Å². The Morgan fingerprint density at radius 3 is 2.34 bits per heavy atom. The lowest BCUT2D eigenvalue weighted by molar-refractivity contribution is -0.107. The van der Waals surface area contributed by atoms with Crippen LogP contribution in [0.5, 0.6) is 0 Å². The summed E-state index contributed by atoms with van der Waals surface area (Å²) in [6.07, 6.45) is 0.311. The number of esters is 1. The molecule has 0 N–H and O–H groups in total. The van der Waals surface area contributed by atoms with E-state index in [0.717, 1.165) is 23.3 Å². The molecule has 0 aliphatic heterocycles. The molecule has 10 heteroatoms. The first kappa shape index (κ1) is 31.1. The topological polar surface area (TPSA) is 85.4 Å². The van der Waals surface area contributed by atoms with Crippen molar-refractivity contribution in [2.45, 2.75) is 45.6 Å². The molecule has 0 heterocycles. The number of ether oxygens (including phenoxy) is 3. The molecule has 8 nitrogen and oxygen atoms in total. The lowest BCUT2D eigenvalue weighted by atomic mass is 10.1. The van der Waals surface area contributed by atoms with Gasteiger partial charge in [-0.3, -0.25) is 9.69 Å². The fourth-order valence-electron chi connectivity index (χ4n) is 3.44. The molecule has 2 rings (SSSR count). The molecule has 38 heavy (non-hydrogen) atoms. The summed E-state index contributed by atoms with van der Waals surface area (Å²) in [6, 6.07) is 11.1. The number of amides is 2. The molecule has 0 aliphatic carbocycles. The summed E-state index contributed by atoms with van der Waals surface area (Å²) in [7, 11) is 1.62. The third-order valence-corrected chi connectivity index (χ3v) is 6.44. The molecular weight excluding hydrogens is 511 g/mol. The van der Waals surface area contributed by atoms with Crippen LogP contribution in [0.15, 0.2) is 42.5 Å². The number of carbonyl (C=O) groups excluding carboxylic acids is 3. The molecule has 208 valence electrons. The van der Waals surface area contributed by atoms with Gasteiger partial charge in [-0.2, -0.15) is 0 Å². The number of likely N-dealkylation sites (N-methyl/N-ethyl adjacent to an activating group) is 1. The summed E-state index contributed by atoms with van der Waals surface area (Å²) in [4.78, 5) is 39.6. The summed E-state index contributed by atoms with van der Waals surface area (Å²) >= 11 is 1.54. The number of benzene rings is 2. The van der Waals surface area contributed by atoms with Crippen LogP contribution < -0.4 is 4.90 Å². The summed E-state index contributed by atoms with van der Waals surface area (Å²) in [5.74, 6) is -0.108. The van der Waals surface area contributed by atoms with Crippen molar-refractivity contribution in [3.8, 4) is 0 Å². The molecule has 0 aromatic heterocycles. The first-order valence-electron chi connectivity index (χ1n) is 12.4. The second kappa shape index (κ2) is 14.7. The molecule has 0 aliphatic rings. The predicted octanol–water partition coefficient (Wildman–Crippen LogP) is 5.59. The minimum Gasteiger partial charge on any atom is -0.460 e. The molecule has 2 aromatic carbocycles. The van der Waals surface area contributed by atoms with Crippen LogP contribution in [0.2, 0.25) is 0 Å². The van der Waals surface area contributed by atoms with Crippen LogP contribution in [0.1, 0.15) is 54.6 Å². The van der Waals surface area contributed by atoms with Crippen LogP contribution in [0.4, 0.5) is 14.9 Å². The molecule has 0 bridgehead atoms. The third-order valence-electron chi connectivity index (χ3n) is 5.29. The van der Waals surface area contributed by atoms with Crippen molar-refractivity contribution in [3.63, 3.8) is 0 Å². The van der Waals surface area contributed by atoms with Gasteiger partial charge in [-0.1, -0.05) is 19.1 Å². The van der Waals surface area contributed by atoms with Crippen LogP contribution in [-0.2, 0) is 19.0 Å². The van der Waals surface area contributed by atoms with E-state index >= 15 is 0 Å². The fourth-order valence-corrected chi connectivity index (χ4v) is 4.43. The van der Waals surface area contributed by atoms with E-state index in [1.54, 1.807) is 74.8 Å².